The molecule has 17 heavy (non-hydrogen) atoms. The Bertz CT molecular complexity index is 408. The Kier molecular flexibility index (Phi) is 2.98. The van der Waals surface area contributed by atoms with E-state index >= 15 is 0 Å². The van der Waals surface area contributed by atoms with E-state index in [9.17, 15) is 13.9 Å². The molecule has 1 unspecified atom stereocenters. The van der Waals surface area contributed by atoms with E-state index in [0.717, 1.165) is 6.42 Å². The van der Waals surface area contributed by atoms with Crippen molar-refractivity contribution in [1.29, 1.82) is 0 Å². The molecule has 1 aliphatic carbocycles. The fourth-order valence-corrected chi connectivity index (χ4v) is 2.82. The predicted octanol–water partition coefficient (Wildman–Crippen LogP) is 3.45. The Hall–Kier alpha value is -0.960. The minimum absolute atomic E-state index is 0.00713. The maximum absolute atomic E-state index is 13.5. The maximum Gasteiger partial charge on any atom is 0.129 e. The van der Waals surface area contributed by atoms with Crippen molar-refractivity contribution in [3.63, 3.8) is 0 Å². The molecule has 1 fully saturated rings. The molecule has 0 spiro atoms. The summed E-state index contributed by atoms with van der Waals surface area (Å²) in [4.78, 5) is 0. The van der Waals surface area contributed by atoms with Crippen LogP contribution in [-0.2, 0) is 6.42 Å². The molecular formula is C14H18F2O. The first-order valence-electron chi connectivity index (χ1n) is 5.97. The van der Waals surface area contributed by atoms with Crippen molar-refractivity contribution in [2.75, 3.05) is 0 Å². The number of halogens is 2. The minimum atomic E-state index is -0.966. The van der Waals surface area contributed by atoms with Crippen molar-refractivity contribution in [2.45, 2.75) is 45.1 Å². The SMILES string of the molecule is CC1(C)CCC(O)(Cc2c(F)cccc2F)C1. The van der Waals surface area contributed by atoms with Gasteiger partial charge < -0.3 is 5.11 Å². The van der Waals surface area contributed by atoms with E-state index < -0.39 is 17.2 Å². The summed E-state index contributed by atoms with van der Waals surface area (Å²) in [5.41, 5.74) is -0.907. The van der Waals surface area contributed by atoms with E-state index in [2.05, 4.69) is 13.8 Å². The van der Waals surface area contributed by atoms with Crippen molar-refractivity contribution in [2.24, 2.45) is 5.41 Å². The Labute approximate surface area is 100 Å². The van der Waals surface area contributed by atoms with Gasteiger partial charge in [-0.3, -0.25) is 0 Å². The van der Waals surface area contributed by atoms with Crippen LogP contribution < -0.4 is 0 Å². The summed E-state index contributed by atoms with van der Waals surface area (Å²) in [5, 5.41) is 10.4. The molecule has 1 saturated carbocycles. The Morgan fingerprint density at radius 1 is 1.18 bits per heavy atom. The molecule has 1 nitrogen and oxygen atoms in total. The van der Waals surface area contributed by atoms with Gasteiger partial charge in [0.2, 0.25) is 0 Å². The van der Waals surface area contributed by atoms with E-state index in [0.29, 0.717) is 12.8 Å². The molecule has 0 aliphatic heterocycles. The summed E-state index contributed by atoms with van der Waals surface area (Å²) in [7, 11) is 0. The van der Waals surface area contributed by atoms with Gasteiger partial charge in [-0.15, -0.1) is 0 Å². The van der Waals surface area contributed by atoms with Gasteiger partial charge in [0.25, 0.3) is 0 Å². The Balaban J connectivity index is 2.22. The van der Waals surface area contributed by atoms with Crippen LogP contribution in [0.2, 0.25) is 0 Å². The van der Waals surface area contributed by atoms with Gasteiger partial charge in [-0.1, -0.05) is 19.9 Å². The number of rotatable bonds is 2. The molecule has 1 aromatic carbocycles. The summed E-state index contributed by atoms with van der Waals surface area (Å²) in [6.45, 7) is 4.14. The number of benzene rings is 1. The molecule has 3 heteroatoms. The van der Waals surface area contributed by atoms with Crippen LogP contribution in [0.4, 0.5) is 8.78 Å². The third kappa shape index (κ3) is 2.65. The van der Waals surface area contributed by atoms with Crippen molar-refractivity contribution < 1.29 is 13.9 Å². The van der Waals surface area contributed by atoms with Gasteiger partial charge in [0.15, 0.2) is 0 Å². The van der Waals surface area contributed by atoms with Crippen LogP contribution in [-0.4, -0.2) is 10.7 Å². The zero-order valence-corrected chi connectivity index (χ0v) is 10.3. The molecule has 1 N–H and O–H groups in total. The average Bonchev–Trinajstić information content (AvgIpc) is 2.48. The summed E-state index contributed by atoms with van der Waals surface area (Å²) < 4.78 is 27.0. The topological polar surface area (TPSA) is 20.2 Å². The van der Waals surface area contributed by atoms with Crippen LogP contribution in [0.3, 0.4) is 0 Å². The van der Waals surface area contributed by atoms with Gasteiger partial charge in [-0.05, 0) is 36.8 Å². The van der Waals surface area contributed by atoms with Crippen LogP contribution in [0, 0.1) is 17.0 Å². The van der Waals surface area contributed by atoms with Crippen LogP contribution in [0.15, 0.2) is 18.2 Å². The van der Waals surface area contributed by atoms with Gasteiger partial charge in [-0.2, -0.15) is 0 Å². The van der Waals surface area contributed by atoms with Gasteiger partial charge >= 0.3 is 0 Å². The second-order valence-corrected chi connectivity index (χ2v) is 5.94. The molecule has 94 valence electrons. The van der Waals surface area contributed by atoms with Crippen LogP contribution >= 0.6 is 0 Å². The van der Waals surface area contributed by atoms with Crippen molar-refractivity contribution >= 4 is 0 Å². The summed E-state index contributed by atoms with van der Waals surface area (Å²) in [6.07, 6.45) is 2.15. The highest BCUT2D eigenvalue weighted by Gasteiger charge is 2.42. The van der Waals surface area contributed by atoms with Crippen molar-refractivity contribution in [3.05, 3.63) is 35.4 Å². The third-order valence-electron chi connectivity index (χ3n) is 3.64. The summed E-state index contributed by atoms with van der Waals surface area (Å²) in [6, 6.07) is 3.82. The van der Waals surface area contributed by atoms with Crippen LogP contribution in [0.25, 0.3) is 0 Å². The number of aliphatic hydroxyl groups is 1. The molecule has 0 aromatic heterocycles. The van der Waals surface area contributed by atoms with Gasteiger partial charge in [0, 0.05) is 12.0 Å². The highest BCUT2D eigenvalue weighted by Crippen LogP contribution is 2.45. The van der Waals surface area contributed by atoms with E-state index in [1.807, 2.05) is 0 Å². The number of hydrogen-bond donors (Lipinski definition) is 1. The lowest BCUT2D eigenvalue weighted by Crippen LogP contribution is -2.30. The first kappa shape index (κ1) is 12.5. The largest absolute Gasteiger partial charge is 0.390 e. The van der Waals surface area contributed by atoms with Crippen molar-refractivity contribution in [3.8, 4) is 0 Å². The second kappa shape index (κ2) is 4.05. The molecule has 0 saturated heterocycles. The normalized spacial score (nSPS) is 27.4. The zero-order valence-electron chi connectivity index (χ0n) is 10.3. The molecule has 0 radical (unpaired) electrons. The molecule has 0 heterocycles. The molecular weight excluding hydrogens is 222 g/mol. The van der Waals surface area contributed by atoms with E-state index in [4.69, 9.17) is 0 Å². The number of hydrogen-bond acceptors (Lipinski definition) is 1. The van der Waals surface area contributed by atoms with Gasteiger partial charge in [-0.25, -0.2) is 8.78 Å². The zero-order chi connectivity index (χ0) is 12.7. The second-order valence-electron chi connectivity index (χ2n) is 5.94. The monoisotopic (exact) mass is 240 g/mol. The summed E-state index contributed by atoms with van der Waals surface area (Å²) >= 11 is 0. The molecule has 2 rings (SSSR count). The van der Waals surface area contributed by atoms with Gasteiger partial charge in [0.05, 0.1) is 5.60 Å². The molecule has 0 bridgehead atoms. The van der Waals surface area contributed by atoms with E-state index in [-0.39, 0.29) is 17.4 Å². The third-order valence-corrected chi connectivity index (χ3v) is 3.64. The highest BCUT2D eigenvalue weighted by atomic mass is 19.1. The first-order valence-corrected chi connectivity index (χ1v) is 5.97. The molecule has 1 atom stereocenters. The minimum Gasteiger partial charge on any atom is -0.390 e. The standard InChI is InChI=1S/C14H18F2O/c1-13(2)6-7-14(17,9-13)8-10-11(15)4-3-5-12(10)16/h3-5,17H,6-9H2,1-2H3. The van der Waals surface area contributed by atoms with E-state index in [1.54, 1.807) is 0 Å². The lowest BCUT2D eigenvalue weighted by atomic mass is 9.86. The summed E-state index contributed by atoms with van der Waals surface area (Å²) in [5.74, 6) is -1.13. The highest BCUT2D eigenvalue weighted by molar-refractivity contribution is 5.22. The fourth-order valence-electron chi connectivity index (χ4n) is 2.82. The lowest BCUT2D eigenvalue weighted by Gasteiger charge is -2.25. The van der Waals surface area contributed by atoms with Crippen molar-refractivity contribution in [1.82, 2.24) is 0 Å². The Morgan fingerprint density at radius 3 is 2.24 bits per heavy atom. The quantitative estimate of drug-likeness (QED) is 0.839. The molecule has 1 aromatic rings. The predicted molar refractivity (Wildman–Crippen MR) is 62.6 cm³/mol. The van der Waals surface area contributed by atoms with Gasteiger partial charge in [0.1, 0.15) is 11.6 Å². The first-order chi connectivity index (χ1) is 7.81. The molecule has 1 aliphatic rings. The molecule has 0 amide bonds. The smallest absolute Gasteiger partial charge is 0.129 e. The Morgan fingerprint density at radius 2 is 1.76 bits per heavy atom. The lowest BCUT2D eigenvalue weighted by molar-refractivity contribution is 0.0362. The van der Waals surface area contributed by atoms with Crippen LogP contribution in [0.5, 0.6) is 0 Å². The van der Waals surface area contributed by atoms with E-state index in [1.165, 1.54) is 18.2 Å². The average molecular weight is 240 g/mol. The van der Waals surface area contributed by atoms with Crippen LogP contribution in [0.1, 0.15) is 38.7 Å². The fraction of sp³-hybridized carbons (Fsp3) is 0.571. The maximum atomic E-state index is 13.5.